The molecule has 0 unspecified atom stereocenters. The van der Waals surface area contributed by atoms with Gasteiger partial charge in [-0.05, 0) is 18.6 Å². The normalized spacial score (nSPS) is 17.6. The summed E-state index contributed by atoms with van der Waals surface area (Å²) in [5.41, 5.74) is 3.26. The molecule has 0 bridgehead atoms. The minimum absolute atomic E-state index is 0.825. The largest absolute Gasteiger partial charge is 0.372 e. The molecule has 0 fully saturated rings. The Balaban J connectivity index is 0.000000461. The predicted molar refractivity (Wildman–Crippen MR) is 59.9 cm³/mol. The smallest absolute Gasteiger partial charge is 0.0916 e. The van der Waals surface area contributed by atoms with Crippen LogP contribution in [0.4, 0.5) is 0 Å². The summed E-state index contributed by atoms with van der Waals surface area (Å²) in [5.74, 6) is 2.68. The molecule has 0 atom stereocenters. The van der Waals surface area contributed by atoms with E-state index < -0.39 is 0 Å². The van der Waals surface area contributed by atoms with Gasteiger partial charge in [-0.25, -0.2) is 0 Å². The SMILES string of the molecule is C#CC1=CC(C)=CN2CNC=C12.CC. The fourth-order valence-electron chi connectivity index (χ4n) is 1.46. The van der Waals surface area contributed by atoms with Crippen molar-refractivity contribution in [1.82, 2.24) is 10.2 Å². The number of terminal acetylenes is 1. The zero-order valence-corrected chi connectivity index (χ0v) is 8.96. The molecule has 2 heteroatoms. The van der Waals surface area contributed by atoms with Crippen molar-refractivity contribution in [2.45, 2.75) is 20.8 Å². The summed E-state index contributed by atoms with van der Waals surface area (Å²) < 4.78 is 0. The fourth-order valence-corrected chi connectivity index (χ4v) is 1.46. The quantitative estimate of drug-likeness (QED) is 0.586. The van der Waals surface area contributed by atoms with E-state index in [0.29, 0.717) is 0 Å². The summed E-state index contributed by atoms with van der Waals surface area (Å²) in [6.45, 7) is 6.87. The van der Waals surface area contributed by atoms with Crippen LogP contribution in [0, 0.1) is 12.3 Å². The Bertz CT molecular complexity index is 340. The first-order valence-electron chi connectivity index (χ1n) is 4.88. The third kappa shape index (κ3) is 1.82. The molecular weight excluding hydrogens is 172 g/mol. The lowest BCUT2D eigenvalue weighted by Crippen LogP contribution is -2.20. The Kier molecular flexibility index (Phi) is 3.41. The van der Waals surface area contributed by atoms with Gasteiger partial charge in [0.1, 0.15) is 0 Å². The summed E-state index contributed by atoms with van der Waals surface area (Å²) >= 11 is 0. The van der Waals surface area contributed by atoms with Crippen LogP contribution in [0.5, 0.6) is 0 Å². The molecule has 0 amide bonds. The minimum Gasteiger partial charge on any atom is -0.372 e. The van der Waals surface area contributed by atoms with E-state index >= 15 is 0 Å². The minimum atomic E-state index is 0.825. The molecule has 0 aromatic rings. The van der Waals surface area contributed by atoms with Crippen LogP contribution in [0.1, 0.15) is 20.8 Å². The van der Waals surface area contributed by atoms with Crippen LogP contribution in [-0.4, -0.2) is 11.6 Å². The van der Waals surface area contributed by atoms with Gasteiger partial charge in [0.25, 0.3) is 0 Å². The van der Waals surface area contributed by atoms with Crippen molar-refractivity contribution in [3.63, 3.8) is 0 Å². The number of rotatable bonds is 0. The molecule has 2 heterocycles. The summed E-state index contributed by atoms with van der Waals surface area (Å²) in [7, 11) is 0. The first-order chi connectivity index (χ1) is 6.81. The van der Waals surface area contributed by atoms with Crippen LogP contribution in [0.2, 0.25) is 0 Å². The lowest BCUT2D eigenvalue weighted by molar-refractivity contribution is 0.491. The number of fused-ring (bicyclic) bond motifs is 1. The Morgan fingerprint density at radius 1 is 1.50 bits per heavy atom. The van der Waals surface area contributed by atoms with Crippen LogP contribution in [0.3, 0.4) is 0 Å². The number of nitrogens with one attached hydrogen (secondary N) is 1. The molecule has 74 valence electrons. The molecule has 0 saturated carbocycles. The van der Waals surface area contributed by atoms with E-state index in [0.717, 1.165) is 17.9 Å². The van der Waals surface area contributed by atoms with E-state index in [1.54, 1.807) is 0 Å². The van der Waals surface area contributed by atoms with Gasteiger partial charge in [-0.3, -0.25) is 0 Å². The van der Waals surface area contributed by atoms with Crippen molar-refractivity contribution in [2.24, 2.45) is 0 Å². The predicted octanol–water partition coefficient (Wildman–Crippen LogP) is 2.19. The molecule has 14 heavy (non-hydrogen) atoms. The van der Waals surface area contributed by atoms with Gasteiger partial charge in [-0.2, -0.15) is 0 Å². The maximum Gasteiger partial charge on any atom is 0.0916 e. The van der Waals surface area contributed by atoms with Crippen molar-refractivity contribution in [1.29, 1.82) is 0 Å². The van der Waals surface area contributed by atoms with Crippen LogP contribution in [0.15, 0.2) is 35.3 Å². The highest BCUT2D eigenvalue weighted by molar-refractivity contribution is 5.51. The number of hydrogen-bond acceptors (Lipinski definition) is 2. The zero-order valence-electron chi connectivity index (χ0n) is 8.96. The number of allylic oxidation sites excluding steroid dienone is 3. The van der Waals surface area contributed by atoms with Crippen molar-refractivity contribution in [3.05, 3.63) is 35.3 Å². The Hall–Kier alpha value is -1.62. The van der Waals surface area contributed by atoms with Crippen LogP contribution < -0.4 is 5.32 Å². The summed E-state index contributed by atoms with van der Waals surface area (Å²) in [6.07, 6.45) is 11.4. The average Bonchev–Trinajstić information content (AvgIpc) is 2.67. The van der Waals surface area contributed by atoms with Crippen LogP contribution in [0.25, 0.3) is 0 Å². The third-order valence-corrected chi connectivity index (χ3v) is 1.97. The van der Waals surface area contributed by atoms with Gasteiger partial charge in [0.2, 0.25) is 0 Å². The second kappa shape index (κ2) is 4.57. The molecule has 0 saturated heterocycles. The zero-order chi connectivity index (χ0) is 10.6. The topological polar surface area (TPSA) is 15.3 Å². The van der Waals surface area contributed by atoms with Crippen LogP contribution >= 0.6 is 0 Å². The van der Waals surface area contributed by atoms with Gasteiger partial charge in [-0.1, -0.05) is 19.8 Å². The molecule has 1 N–H and O–H groups in total. The molecule has 0 radical (unpaired) electrons. The van der Waals surface area contributed by atoms with Gasteiger partial charge < -0.3 is 10.2 Å². The van der Waals surface area contributed by atoms with Gasteiger partial charge in [-0.15, -0.1) is 6.42 Å². The second-order valence-corrected chi connectivity index (χ2v) is 2.94. The Morgan fingerprint density at radius 2 is 2.21 bits per heavy atom. The summed E-state index contributed by atoms with van der Waals surface area (Å²) in [6, 6.07) is 0. The highest BCUT2D eigenvalue weighted by Crippen LogP contribution is 2.24. The fraction of sp³-hybridized carbons (Fsp3) is 0.333. The highest BCUT2D eigenvalue weighted by Gasteiger charge is 2.18. The van der Waals surface area contributed by atoms with E-state index in [4.69, 9.17) is 6.42 Å². The molecule has 0 aromatic heterocycles. The molecule has 2 rings (SSSR count). The van der Waals surface area contributed by atoms with Crippen LogP contribution in [-0.2, 0) is 0 Å². The van der Waals surface area contributed by atoms with Gasteiger partial charge in [0.15, 0.2) is 0 Å². The average molecular weight is 188 g/mol. The first kappa shape index (κ1) is 10.5. The van der Waals surface area contributed by atoms with Gasteiger partial charge in [0.05, 0.1) is 12.4 Å². The number of hydrogen-bond donors (Lipinski definition) is 1. The van der Waals surface area contributed by atoms with Crippen molar-refractivity contribution >= 4 is 0 Å². The highest BCUT2D eigenvalue weighted by atomic mass is 15.3. The third-order valence-electron chi connectivity index (χ3n) is 1.97. The first-order valence-corrected chi connectivity index (χ1v) is 4.88. The Morgan fingerprint density at radius 3 is 2.86 bits per heavy atom. The lowest BCUT2D eigenvalue weighted by atomic mass is 10.1. The number of nitrogens with zero attached hydrogens (tertiary/aromatic N) is 1. The maximum absolute atomic E-state index is 5.38. The van der Waals surface area contributed by atoms with E-state index in [1.165, 1.54) is 5.57 Å². The monoisotopic (exact) mass is 188 g/mol. The van der Waals surface area contributed by atoms with Crippen molar-refractivity contribution in [3.8, 4) is 12.3 Å². The molecular formula is C12H16N2. The van der Waals surface area contributed by atoms with Crippen molar-refractivity contribution < 1.29 is 0 Å². The van der Waals surface area contributed by atoms with E-state index in [-0.39, 0.29) is 0 Å². The molecule has 2 aliphatic rings. The Labute approximate surface area is 86.0 Å². The van der Waals surface area contributed by atoms with Crippen molar-refractivity contribution in [2.75, 3.05) is 6.67 Å². The molecule has 0 aromatic carbocycles. The summed E-state index contributed by atoms with van der Waals surface area (Å²) in [5, 5.41) is 3.13. The standard InChI is InChI=1S/C10H10N2.C2H6/c1-3-9-4-8(2)6-12-7-11-5-10(9)12;1-2/h1,4-6,11H,7H2,2H3;1-2H3. The molecule has 2 aliphatic heterocycles. The van der Waals surface area contributed by atoms with Gasteiger partial charge >= 0.3 is 0 Å². The maximum atomic E-state index is 5.38. The summed E-state index contributed by atoms with van der Waals surface area (Å²) in [4.78, 5) is 2.12. The van der Waals surface area contributed by atoms with E-state index in [1.807, 2.05) is 33.0 Å². The molecule has 0 aliphatic carbocycles. The molecule has 2 nitrogen and oxygen atoms in total. The van der Waals surface area contributed by atoms with E-state index in [9.17, 15) is 0 Å². The molecule has 0 spiro atoms. The van der Waals surface area contributed by atoms with Gasteiger partial charge in [0, 0.05) is 18.0 Å². The second-order valence-electron chi connectivity index (χ2n) is 2.94. The lowest BCUT2D eigenvalue weighted by Gasteiger charge is -2.21. The van der Waals surface area contributed by atoms with E-state index in [2.05, 4.69) is 22.3 Å².